The molecule has 0 saturated heterocycles. The van der Waals surface area contributed by atoms with E-state index >= 15 is 0 Å². The van der Waals surface area contributed by atoms with Gasteiger partial charge in [-0.25, -0.2) is 0 Å². The first kappa shape index (κ1) is 9.61. The van der Waals surface area contributed by atoms with E-state index in [0.29, 0.717) is 0 Å². The van der Waals surface area contributed by atoms with Crippen LogP contribution in [0.5, 0.6) is 0 Å². The Morgan fingerprint density at radius 3 is 1.83 bits per heavy atom. The van der Waals surface area contributed by atoms with Gasteiger partial charge in [-0.3, -0.25) is 0 Å². The first-order valence-electron chi connectivity index (χ1n) is 1.55. The smallest absolute Gasteiger partial charge is 0 e. The molecule has 0 N–H and O–H groups in total. The summed E-state index contributed by atoms with van der Waals surface area (Å²) in [6, 6.07) is 0. The molecule has 0 aromatic carbocycles. The summed E-state index contributed by atoms with van der Waals surface area (Å²) in [5, 5.41) is 0. The van der Waals surface area contributed by atoms with Crippen molar-refractivity contribution in [3.63, 3.8) is 0 Å². The zero-order valence-corrected chi connectivity index (χ0v) is 6.45. The Morgan fingerprint density at radius 1 is 1.67 bits per heavy atom. The predicted octanol–water partition coefficient (Wildman–Crippen LogP) is 1.75. The molecule has 0 heterocycles. The fourth-order valence-electron chi connectivity index (χ4n) is 0. The molecule has 0 spiro atoms. The summed E-state index contributed by atoms with van der Waals surface area (Å²) in [6.45, 7) is 8.93. The van der Waals surface area contributed by atoms with Gasteiger partial charge >= 0.3 is 0 Å². The molecule has 0 bridgehead atoms. The molecule has 0 aliphatic heterocycles. The third-order valence-electron chi connectivity index (χ3n) is 0.348. The summed E-state index contributed by atoms with van der Waals surface area (Å²) in [6.07, 6.45) is 1.72. The number of allylic oxidation sites excluding steroid dienone is 2. The van der Waals surface area contributed by atoms with Crippen molar-refractivity contribution < 1.29 is 26.2 Å². The SMILES string of the molecule is C=CC(=C)C.[Zr]. The topological polar surface area (TPSA) is 0 Å². The van der Waals surface area contributed by atoms with Crippen molar-refractivity contribution >= 4 is 0 Å². The van der Waals surface area contributed by atoms with Gasteiger partial charge in [0.1, 0.15) is 0 Å². The second kappa shape index (κ2) is 5.36. The molecule has 0 radical (unpaired) electrons. The van der Waals surface area contributed by atoms with Crippen LogP contribution in [0.4, 0.5) is 0 Å². The van der Waals surface area contributed by atoms with Crippen molar-refractivity contribution in [1.82, 2.24) is 0 Å². The van der Waals surface area contributed by atoms with Crippen molar-refractivity contribution in [2.45, 2.75) is 6.92 Å². The Labute approximate surface area is 58.1 Å². The van der Waals surface area contributed by atoms with Crippen LogP contribution in [-0.2, 0) is 26.2 Å². The monoisotopic (exact) mass is 158 g/mol. The van der Waals surface area contributed by atoms with Gasteiger partial charge in [0.25, 0.3) is 0 Å². The van der Waals surface area contributed by atoms with Crippen molar-refractivity contribution in [2.75, 3.05) is 0 Å². The fraction of sp³-hybridized carbons (Fsp3) is 0.200. The van der Waals surface area contributed by atoms with E-state index in [2.05, 4.69) is 13.2 Å². The minimum atomic E-state index is 0. The maximum Gasteiger partial charge on any atom is 0 e. The van der Waals surface area contributed by atoms with Gasteiger partial charge in [-0.15, -0.1) is 0 Å². The van der Waals surface area contributed by atoms with Gasteiger partial charge in [-0.1, -0.05) is 24.8 Å². The largest absolute Gasteiger partial charge is 0.0988 e. The maximum atomic E-state index is 3.56. The summed E-state index contributed by atoms with van der Waals surface area (Å²) >= 11 is 0. The molecular formula is C5H8Zr. The first-order chi connectivity index (χ1) is 2.27. The van der Waals surface area contributed by atoms with E-state index in [-0.39, 0.29) is 26.2 Å². The van der Waals surface area contributed by atoms with Gasteiger partial charge in [-0.2, -0.15) is 0 Å². The second-order valence-electron chi connectivity index (χ2n) is 1.05. The Kier molecular flexibility index (Phi) is 8.59. The second-order valence-corrected chi connectivity index (χ2v) is 1.05. The molecule has 0 atom stereocenters. The van der Waals surface area contributed by atoms with Crippen LogP contribution in [0.15, 0.2) is 24.8 Å². The molecule has 0 fully saturated rings. The molecule has 32 valence electrons. The molecule has 0 aliphatic rings. The molecule has 0 amide bonds. The summed E-state index contributed by atoms with van der Waals surface area (Å²) in [5.74, 6) is 0. The fourth-order valence-corrected chi connectivity index (χ4v) is 0. The third kappa shape index (κ3) is 8.84. The van der Waals surface area contributed by atoms with Crippen LogP contribution in [0.25, 0.3) is 0 Å². The summed E-state index contributed by atoms with van der Waals surface area (Å²) in [4.78, 5) is 0. The van der Waals surface area contributed by atoms with E-state index in [1.54, 1.807) is 6.08 Å². The third-order valence-corrected chi connectivity index (χ3v) is 0.348. The van der Waals surface area contributed by atoms with Crippen LogP contribution >= 0.6 is 0 Å². The zero-order valence-electron chi connectivity index (χ0n) is 3.99. The molecular weight excluding hydrogens is 151 g/mol. The van der Waals surface area contributed by atoms with E-state index in [9.17, 15) is 0 Å². The predicted molar refractivity (Wildman–Crippen MR) is 25.0 cm³/mol. The quantitative estimate of drug-likeness (QED) is 0.511. The summed E-state index contributed by atoms with van der Waals surface area (Å²) in [5.41, 5.74) is 1.02. The Balaban J connectivity index is 0. The Hall–Kier alpha value is 0.363. The number of hydrogen-bond acceptors (Lipinski definition) is 0. The van der Waals surface area contributed by atoms with E-state index < -0.39 is 0 Å². The maximum absolute atomic E-state index is 3.56. The minimum Gasteiger partial charge on any atom is -0.0988 e. The molecule has 0 saturated carbocycles. The average molecular weight is 159 g/mol. The van der Waals surface area contributed by atoms with E-state index in [0.717, 1.165) is 5.57 Å². The zero-order chi connectivity index (χ0) is 4.28. The van der Waals surface area contributed by atoms with Gasteiger partial charge < -0.3 is 0 Å². The molecule has 0 aliphatic carbocycles. The molecule has 1 heteroatoms. The molecule has 6 heavy (non-hydrogen) atoms. The van der Waals surface area contributed by atoms with Crippen LogP contribution in [0.1, 0.15) is 6.92 Å². The van der Waals surface area contributed by atoms with Crippen LogP contribution in [-0.4, -0.2) is 0 Å². The minimum absolute atomic E-state index is 0. The molecule has 0 aromatic heterocycles. The van der Waals surface area contributed by atoms with E-state index in [1.807, 2.05) is 6.92 Å². The molecule has 0 rings (SSSR count). The number of rotatable bonds is 1. The van der Waals surface area contributed by atoms with Crippen molar-refractivity contribution in [1.29, 1.82) is 0 Å². The van der Waals surface area contributed by atoms with Crippen molar-refractivity contribution in [3.8, 4) is 0 Å². The van der Waals surface area contributed by atoms with Crippen molar-refractivity contribution in [3.05, 3.63) is 24.8 Å². The normalized spacial score (nSPS) is 5.50. The van der Waals surface area contributed by atoms with Gasteiger partial charge in [-0.05, 0) is 6.92 Å². The molecule has 0 aromatic rings. The Morgan fingerprint density at radius 2 is 1.83 bits per heavy atom. The van der Waals surface area contributed by atoms with Crippen LogP contribution in [0.2, 0.25) is 0 Å². The first-order valence-corrected chi connectivity index (χ1v) is 1.55. The standard InChI is InChI=1S/C5H8.Zr/c1-4-5(2)3;/h4H,1-2H2,3H3;. The van der Waals surface area contributed by atoms with Crippen molar-refractivity contribution in [2.24, 2.45) is 0 Å². The van der Waals surface area contributed by atoms with Crippen LogP contribution in [0, 0.1) is 0 Å². The number of hydrogen-bond donors (Lipinski definition) is 0. The molecule has 0 unspecified atom stereocenters. The van der Waals surface area contributed by atoms with Gasteiger partial charge in [0, 0.05) is 26.2 Å². The van der Waals surface area contributed by atoms with Gasteiger partial charge in [0.2, 0.25) is 0 Å². The van der Waals surface area contributed by atoms with Gasteiger partial charge in [0.05, 0.1) is 0 Å². The van der Waals surface area contributed by atoms with Crippen LogP contribution in [0.3, 0.4) is 0 Å². The van der Waals surface area contributed by atoms with E-state index in [4.69, 9.17) is 0 Å². The van der Waals surface area contributed by atoms with Gasteiger partial charge in [0.15, 0.2) is 0 Å². The van der Waals surface area contributed by atoms with Crippen LogP contribution < -0.4 is 0 Å². The summed E-state index contributed by atoms with van der Waals surface area (Å²) < 4.78 is 0. The Bertz CT molecular complexity index is 55.0. The van der Waals surface area contributed by atoms with E-state index in [1.165, 1.54) is 0 Å². The summed E-state index contributed by atoms with van der Waals surface area (Å²) in [7, 11) is 0. The molecule has 0 nitrogen and oxygen atoms in total. The average Bonchev–Trinajstić information content (AvgIpc) is 1.38.